The van der Waals surface area contributed by atoms with Crippen LogP contribution in [0.3, 0.4) is 0 Å². The number of carbonyl (C=O) groups is 2. The quantitative estimate of drug-likeness (QED) is 0.502. The number of aliphatic hydroxyl groups is 1. The monoisotopic (exact) mass is 505 g/mol. The second-order valence-corrected chi connectivity index (χ2v) is 11.8. The molecule has 3 fully saturated rings. The molecule has 9 heteroatoms. The Hall–Kier alpha value is -1.71. The van der Waals surface area contributed by atoms with Gasteiger partial charge in [-0.15, -0.1) is 0 Å². The number of hydrazine groups is 2. The number of carbonyl (C=O) groups excluding carboxylic acids is 2. The molecule has 4 N–H and O–H groups in total. The SMILES string of the molecule is CNC(=O)[C@@H]1C[C@@H](O)CN1C(=O)[C@@H](N1NNC(c2ccccc2Cl)C12CCCCCC2)C(C)(C)C. The first-order valence-electron chi connectivity index (χ1n) is 12.9. The van der Waals surface area contributed by atoms with Gasteiger partial charge in [0.2, 0.25) is 11.8 Å². The zero-order valence-electron chi connectivity index (χ0n) is 21.3. The van der Waals surface area contributed by atoms with Crippen molar-refractivity contribution < 1.29 is 14.7 Å². The lowest BCUT2D eigenvalue weighted by Gasteiger charge is -2.48. The van der Waals surface area contributed by atoms with Crippen molar-refractivity contribution in [2.75, 3.05) is 13.6 Å². The normalized spacial score (nSPS) is 28.2. The molecular formula is C26H40ClN5O3. The van der Waals surface area contributed by atoms with E-state index in [0.29, 0.717) is 5.02 Å². The Labute approximate surface area is 213 Å². The lowest BCUT2D eigenvalue weighted by atomic mass is 9.75. The van der Waals surface area contributed by atoms with E-state index in [1.165, 1.54) is 0 Å². The molecule has 1 unspecified atom stereocenters. The smallest absolute Gasteiger partial charge is 0.242 e. The van der Waals surface area contributed by atoms with E-state index in [1.54, 1.807) is 11.9 Å². The summed E-state index contributed by atoms with van der Waals surface area (Å²) in [6.07, 6.45) is 5.83. The van der Waals surface area contributed by atoms with Crippen LogP contribution < -0.4 is 16.3 Å². The van der Waals surface area contributed by atoms with Gasteiger partial charge in [-0.1, -0.05) is 76.3 Å². The van der Waals surface area contributed by atoms with Crippen LogP contribution in [0, 0.1) is 5.41 Å². The summed E-state index contributed by atoms with van der Waals surface area (Å²) in [5.41, 5.74) is 7.12. The Bertz CT molecular complexity index is 928. The van der Waals surface area contributed by atoms with E-state index in [-0.39, 0.29) is 36.4 Å². The highest BCUT2D eigenvalue weighted by Crippen LogP contribution is 2.48. The van der Waals surface area contributed by atoms with Gasteiger partial charge in [-0.05, 0) is 29.9 Å². The van der Waals surface area contributed by atoms with E-state index in [2.05, 4.69) is 48.1 Å². The van der Waals surface area contributed by atoms with Crippen molar-refractivity contribution in [2.24, 2.45) is 5.41 Å². The molecule has 1 aliphatic carbocycles. The summed E-state index contributed by atoms with van der Waals surface area (Å²) >= 11 is 6.68. The highest BCUT2D eigenvalue weighted by Gasteiger charge is 2.57. The Balaban J connectivity index is 1.76. The molecule has 8 nitrogen and oxygen atoms in total. The molecule has 0 aromatic heterocycles. The fourth-order valence-corrected chi connectivity index (χ4v) is 6.53. The van der Waals surface area contributed by atoms with Crippen LogP contribution in [0.15, 0.2) is 24.3 Å². The molecule has 1 spiro atoms. The molecule has 2 aliphatic heterocycles. The molecule has 194 valence electrons. The fourth-order valence-electron chi connectivity index (χ4n) is 6.29. The van der Waals surface area contributed by atoms with Crippen molar-refractivity contribution >= 4 is 23.4 Å². The van der Waals surface area contributed by atoms with Crippen LogP contribution in [0.2, 0.25) is 5.02 Å². The van der Waals surface area contributed by atoms with Crippen molar-refractivity contribution in [2.45, 2.75) is 95.5 Å². The number of aliphatic hydroxyl groups excluding tert-OH is 1. The topological polar surface area (TPSA) is 96.9 Å². The van der Waals surface area contributed by atoms with Crippen molar-refractivity contribution in [1.29, 1.82) is 0 Å². The van der Waals surface area contributed by atoms with Crippen LogP contribution in [0.25, 0.3) is 0 Å². The minimum absolute atomic E-state index is 0.0918. The van der Waals surface area contributed by atoms with Gasteiger partial charge in [-0.25, -0.2) is 10.4 Å². The molecule has 2 amide bonds. The number of likely N-dealkylation sites (tertiary alicyclic amines) is 1. The van der Waals surface area contributed by atoms with E-state index < -0.39 is 23.6 Å². The van der Waals surface area contributed by atoms with Crippen LogP contribution in [0.4, 0.5) is 0 Å². The zero-order chi connectivity index (χ0) is 25.4. The van der Waals surface area contributed by atoms with Gasteiger partial charge in [0.05, 0.1) is 17.7 Å². The maximum absolute atomic E-state index is 14.3. The second kappa shape index (κ2) is 10.3. The molecule has 2 saturated heterocycles. The van der Waals surface area contributed by atoms with Gasteiger partial charge in [0.1, 0.15) is 12.1 Å². The maximum atomic E-state index is 14.3. The number of rotatable bonds is 4. The van der Waals surface area contributed by atoms with Gasteiger partial charge >= 0.3 is 0 Å². The predicted molar refractivity (Wildman–Crippen MR) is 136 cm³/mol. The van der Waals surface area contributed by atoms with Crippen LogP contribution >= 0.6 is 11.6 Å². The van der Waals surface area contributed by atoms with Crippen LogP contribution in [0.1, 0.15) is 77.3 Å². The van der Waals surface area contributed by atoms with Gasteiger partial charge in [-0.2, -0.15) is 5.53 Å². The average Bonchev–Trinajstić information content (AvgIpc) is 3.25. The van der Waals surface area contributed by atoms with Gasteiger partial charge in [0.25, 0.3) is 0 Å². The fraction of sp³-hybridized carbons (Fsp3) is 0.692. The van der Waals surface area contributed by atoms with Crippen molar-refractivity contribution in [3.8, 4) is 0 Å². The van der Waals surface area contributed by atoms with E-state index in [0.717, 1.165) is 44.1 Å². The molecule has 1 aromatic carbocycles. The Morgan fingerprint density at radius 1 is 1.17 bits per heavy atom. The lowest BCUT2D eigenvalue weighted by Crippen LogP contribution is -2.65. The minimum atomic E-state index is -0.714. The highest BCUT2D eigenvalue weighted by molar-refractivity contribution is 6.31. The van der Waals surface area contributed by atoms with Crippen molar-refractivity contribution in [3.05, 3.63) is 34.9 Å². The van der Waals surface area contributed by atoms with Crippen molar-refractivity contribution in [1.82, 2.24) is 26.2 Å². The number of β-amino-alcohol motifs (C(OH)–C–C–N with tert-alkyl or cyclic N) is 1. The molecule has 1 aromatic rings. The first-order valence-corrected chi connectivity index (χ1v) is 13.2. The number of benzene rings is 1. The number of hydrogen-bond acceptors (Lipinski definition) is 6. The Morgan fingerprint density at radius 3 is 2.43 bits per heavy atom. The molecule has 2 heterocycles. The molecule has 0 radical (unpaired) electrons. The van der Waals surface area contributed by atoms with Gasteiger partial charge < -0.3 is 15.3 Å². The van der Waals surface area contributed by atoms with Crippen LogP contribution in [-0.4, -0.2) is 64.1 Å². The number of halogens is 1. The molecule has 3 aliphatic rings. The van der Waals surface area contributed by atoms with E-state index >= 15 is 0 Å². The first-order chi connectivity index (χ1) is 16.6. The summed E-state index contributed by atoms with van der Waals surface area (Å²) in [6.45, 7) is 6.34. The standard InChI is InChI=1S/C26H40ClN5O3/c1-25(2,3)22(24(35)31-16-17(33)15-20(31)23(34)28-4)32-26(13-9-5-6-10-14-26)21(29-30-32)18-11-7-8-12-19(18)27/h7-8,11-12,17,20-22,29-30,33H,5-6,9-10,13-16H2,1-4H3,(H,28,34)/t17-,20+,21?,22-/m1/s1. The Kier molecular flexibility index (Phi) is 7.79. The highest BCUT2D eigenvalue weighted by atomic mass is 35.5. The van der Waals surface area contributed by atoms with Gasteiger partial charge in [-0.3, -0.25) is 9.59 Å². The number of nitrogens with one attached hydrogen (secondary N) is 3. The van der Waals surface area contributed by atoms with E-state index in [1.807, 2.05) is 18.2 Å². The minimum Gasteiger partial charge on any atom is -0.391 e. The third-order valence-corrected chi connectivity index (χ3v) is 8.30. The van der Waals surface area contributed by atoms with Gasteiger partial charge in [0, 0.05) is 25.0 Å². The summed E-state index contributed by atoms with van der Waals surface area (Å²) in [7, 11) is 1.57. The summed E-state index contributed by atoms with van der Waals surface area (Å²) in [5.74, 6) is -0.381. The number of nitrogens with zero attached hydrogens (tertiary/aromatic N) is 2. The summed E-state index contributed by atoms with van der Waals surface area (Å²) in [4.78, 5) is 28.5. The molecule has 4 rings (SSSR count). The molecule has 35 heavy (non-hydrogen) atoms. The lowest BCUT2D eigenvalue weighted by molar-refractivity contribution is -0.151. The van der Waals surface area contributed by atoms with Crippen molar-refractivity contribution in [3.63, 3.8) is 0 Å². The second-order valence-electron chi connectivity index (χ2n) is 11.4. The zero-order valence-corrected chi connectivity index (χ0v) is 22.1. The molecular weight excluding hydrogens is 466 g/mol. The average molecular weight is 506 g/mol. The third-order valence-electron chi connectivity index (χ3n) is 7.96. The summed E-state index contributed by atoms with van der Waals surface area (Å²) in [5, 5.41) is 15.9. The number of hydrogen-bond donors (Lipinski definition) is 4. The molecule has 4 atom stereocenters. The summed E-state index contributed by atoms with van der Waals surface area (Å²) < 4.78 is 0. The predicted octanol–water partition coefficient (Wildman–Crippen LogP) is 2.92. The molecule has 0 bridgehead atoms. The summed E-state index contributed by atoms with van der Waals surface area (Å²) in [6, 6.07) is 6.59. The largest absolute Gasteiger partial charge is 0.391 e. The maximum Gasteiger partial charge on any atom is 0.242 e. The Morgan fingerprint density at radius 2 is 1.83 bits per heavy atom. The van der Waals surface area contributed by atoms with Crippen LogP contribution in [-0.2, 0) is 9.59 Å². The number of likely N-dealkylation sites (N-methyl/N-ethyl adjacent to an activating group) is 1. The van der Waals surface area contributed by atoms with Crippen LogP contribution in [0.5, 0.6) is 0 Å². The first kappa shape index (κ1) is 26.4. The third kappa shape index (κ3) is 4.96. The number of amides is 2. The van der Waals surface area contributed by atoms with E-state index in [4.69, 9.17) is 11.6 Å². The van der Waals surface area contributed by atoms with E-state index in [9.17, 15) is 14.7 Å². The van der Waals surface area contributed by atoms with Gasteiger partial charge in [0.15, 0.2) is 0 Å². The molecule has 1 saturated carbocycles.